The molecule has 0 radical (unpaired) electrons. The molecule has 1 atom stereocenters. The summed E-state index contributed by atoms with van der Waals surface area (Å²) >= 11 is 12.9. The van der Waals surface area contributed by atoms with Crippen molar-refractivity contribution in [3.8, 4) is 11.5 Å². The molecule has 270 valence electrons. The lowest BCUT2D eigenvalue weighted by Crippen LogP contribution is -2.55. The second-order valence-electron chi connectivity index (χ2n) is 12.7. The van der Waals surface area contributed by atoms with Crippen molar-refractivity contribution < 1.29 is 27.5 Å². The van der Waals surface area contributed by atoms with Gasteiger partial charge in [0.25, 0.3) is 10.0 Å². The SMILES string of the molecule is COc1ccc(N(CC(=O)N(Cc2ccc(Cl)cc2Cl)C(Cc2ccccc2)C(=O)NC2CCCCC2)S(=O)(=O)c2ccc(C)cc2)cc1OC. The van der Waals surface area contributed by atoms with E-state index in [0.717, 1.165) is 47.5 Å². The van der Waals surface area contributed by atoms with E-state index in [1.165, 1.54) is 37.3 Å². The van der Waals surface area contributed by atoms with Gasteiger partial charge in [0.2, 0.25) is 11.8 Å². The van der Waals surface area contributed by atoms with E-state index in [4.69, 9.17) is 32.7 Å². The van der Waals surface area contributed by atoms with Gasteiger partial charge in [-0.05, 0) is 67.3 Å². The van der Waals surface area contributed by atoms with Gasteiger partial charge in [-0.15, -0.1) is 0 Å². The molecule has 1 saturated carbocycles. The second-order valence-corrected chi connectivity index (χ2v) is 15.4. The Morgan fingerprint density at radius 1 is 0.863 bits per heavy atom. The number of hydrogen-bond donors (Lipinski definition) is 1. The maximum Gasteiger partial charge on any atom is 0.264 e. The molecular weight excluding hydrogens is 709 g/mol. The summed E-state index contributed by atoms with van der Waals surface area (Å²) in [5.41, 5.74) is 2.45. The first-order valence-electron chi connectivity index (χ1n) is 16.9. The van der Waals surface area contributed by atoms with Gasteiger partial charge in [0, 0.05) is 35.1 Å². The highest BCUT2D eigenvalue weighted by Crippen LogP contribution is 2.34. The average molecular weight is 753 g/mol. The Morgan fingerprint density at radius 3 is 2.20 bits per heavy atom. The summed E-state index contributed by atoms with van der Waals surface area (Å²) < 4.78 is 40.8. The normalized spacial score (nSPS) is 14.0. The first-order valence-corrected chi connectivity index (χ1v) is 19.1. The fraction of sp³-hybridized carbons (Fsp3) is 0.333. The van der Waals surface area contributed by atoms with Crippen molar-refractivity contribution in [2.45, 2.75) is 69.0 Å². The van der Waals surface area contributed by atoms with Gasteiger partial charge in [0.05, 0.1) is 24.8 Å². The van der Waals surface area contributed by atoms with Crippen LogP contribution in [0.25, 0.3) is 0 Å². The zero-order chi connectivity index (χ0) is 36.5. The van der Waals surface area contributed by atoms with Crippen molar-refractivity contribution in [2.24, 2.45) is 0 Å². The molecule has 9 nitrogen and oxygen atoms in total. The molecule has 0 saturated heterocycles. The zero-order valence-electron chi connectivity index (χ0n) is 29.0. The number of hydrogen-bond acceptors (Lipinski definition) is 6. The molecule has 4 aromatic rings. The Kier molecular flexibility index (Phi) is 12.9. The quantitative estimate of drug-likeness (QED) is 0.142. The minimum Gasteiger partial charge on any atom is -0.493 e. The van der Waals surface area contributed by atoms with Crippen molar-refractivity contribution in [2.75, 3.05) is 25.1 Å². The molecule has 5 rings (SSSR count). The van der Waals surface area contributed by atoms with E-state index < -0.39 is 28.5 Å². The van der Waals surface area contributed by atoms with Crippen molar-refractivity contribution in [3.05, 3.63) is 118 Å². The number of amides is 2. The Labute approximate surface area is 310 Å². The molecule has 0 spiro atoms. The Hall–Kier alpha value is -4.25. The number of anilines is 1. The molecule has 1 aliphatic carbocycles. The van der Waals surface area contributed by atoms with Crippen LogP contribution in [-0.2, 0) is 32.6 Å². The van der Waals surface area contributed by atoms with E-state index in [2.05, 4.69) is 5.32 Å². The predicted molar refractivity (Wildman–Crippen MR) is 201 cm³/mol. The van der Waals surface area contributed by atoms with Gasteiger partial charge in [0.15, 0.2) is 11.5 Å². The van der Waals surface area contributed by atoms with Crippen LogP contribution in [0.3, 0.4) is 0 Å². The molecule has 0 aliphatic heterocycles. The molecule has 2 amide bonds. The van der Waals surface area contributed by atoms with Crippen LogP contribution in [0.2, 0.25) is 10.0 Å². The molecule has 1 aliphatic rings. The predicted octanol–water partition coefficient (Wildman–Crippen LogP) is 7.60. The van der Waals surface area contributed by atoms with Crippen LogP contribution in [0, 0.1) is 6.92 Å². The minimum atomic E-state index is -4.31. The Bertz CT molecular complexity index is 1920. The lowest BCUT2D eigenvalue weighted by molar-refractivity contribution is -0.140. The number of nitrogens with zero attached hydrogens (tertiary/aromatic N) is 2. The first kappa shape index (κ1) is 38.0. The van der Waals surface area contributed by atoms with Crippen LogP contribution in [0.5, 0.6) is 11.5 Å². The van der Waals surface area contributed by atoms with Crippen molar-refractivity contribution >= 4 is 50.7 Å². The number of benzene rings is 4. The van der Waals surface area contributed by atoms with Crippen molar-refractivity contribution in [3.63, 3.8) is 0 Å². The molecular formula is C39H43Cl2N3O6S. The summed E-state index contributed by atoms with van der Waals surface area (Å²) in [7, 11) is -1.39. The highest BCUT2D eigenvalue weighted by Gasteiger charge is 2.36. The zero-order valence-corrected chi connectivity index (χ0v) is 31.3. The fourth-order valence-electron chi connectivity index (χ4n) is 6.28. The summed E-state index contributed by atoms with van der Waals surface area (Å²) in [5.74, 6) is -0.249. The van der Waals surface area contributed by atoms with Gasteiger partial charge >= 0.3 is 0 Å². The van der Waals surface area contributed by atoms with Crippen molar-refractivity contribution in [1.29, 1.82) is 0 Å². The van der Waals surface area contributed by atoms with Crippen molar-refractivity contribution in [1.82, 2.24) is 10.2 Å². The molecule has 51 heavy (non-hydrogen) atoms. The number of carbonyl (C=O) groups is 2. The lowest BCUT2D eigenvalue weighted by Gasteiger charge is -2.35. The standard InChI is InChI=1S/C39H43Cl2N3O6S/c1-27-14-19-33(20-15-27)51(47,48)44(32-18-21-36(49-2)37(24-32)50-3)26-38(45)43(25-29-16-17-30(40)23-34(29)41)35(22-28-10-6-4-7-11-28)39(46)42-31-12-8-5-9-13-31/h4,6-7,10-11,14-21,23-24,31,35H,5,8-9,12-13,22,25-26H2,1-3H3,(H,42,46). The fourth-order valence-corrected chi connectivity index (χ4v) is 8.15. The number of carbonyl (C=O) groups excluding carboxylic acids is 2. The van der Waals surface area contributed by atoms with E-state index in [1.54, 1.807) is 42.5 Å². The summed E-state index contributed by atoms with van der Waals surface area (Å²) in [4.78, 5) is 30.6. The number of halogens is 2. The largest absolute Gasteiger partial charge is 0.493 e. The molecule has 0 heterocycles. The molecule has 0 bridgehead atoms. The van der Waals surface area contributed by atoms with Crippen LogP contribution in [0.15, 0.2) is 95.9 Å². The van der Waals surface area contributed by atoms with Crippen LogP contribution < -0.4 is 19.1 Å². The summed E-state index contributed by atoms with van der Waals surface area (Å²) in [6, 6.07) is 24.4. The maximum absolute atomic E-state index is 14.9. The molecule has 4 aromatic carbocycles. The number of sulfonamides is 1. The first-order chi connectivity index (χ1) is 24.5. The summed E-state index contributed by atoms with van der Waals surface area (Å²) in [6.45, 7) is 1.16. The van der Waals surface area contributed by atoms with Crippen LogP contribution in [0.4, 0.5) is 5.69 Å². The average Bonchev–Trinajstić information content (AvgIpc) is 3.13. The van der Waals surface area contributed by atoms with Gasteiger partial charge in [-0.25, -0.2) is 8.42 Å². The smallest absolute Gasteiger partial charge is 0.264 e. The molecule has 1 fully saturated rings. The van der Waals surface area contributed by atoms with Gasteiger partial charge in [0.1, 0.15) is 12.6 Å². The van der Waals surface area contributed by atoms with Crippen LogP contribution >= 0.6 is 23.2 Å². The monoisotopic (exact) mass is 751 g/mol. The van der Waals surface area contributed by atoms with E-state index >= 15 is 0 Å². The number of ether oxygens (including phenoxy) is 2. The molecule has 1 N–H and O–H groups in total. The van der Waals surface area contributed by atoms with Crippen LogP contribution in [0.1, 0.15) is 48.8 Å². The van der Waals surface area contributed by atoms with E-state index in [9.17, 15) is 18.0 Å². The lowest BCUT2D eigenvalue weighted by atomic mass is 9.94. The Morgan fingerprint density at radius 2 is 1.55 bits per heavy atom. The summed E-state index contributed by atoms with van der Waals surface area (Å²) in [6.07, 6.45) is 5.02. The third-order valence-electron chi connectivity index (χ3n) is 9.12. The summed E-state index contributed by atoms with van der Waals surface area (Å²) in [5, 5.41) is 3.94. The minimum absolute atomic E-state index is 0.00106. The van der Waals surface area contributed by atoms with Crippen LogP contribution in [-0.4, -0.2) is 58.0 Å². The highest BCUT2D eigenvalue weighted by molar-refractivity contribution is 7.92. The van der Waals surface area contributed by atoms with E-state index in [-0.39, 0.29) is 41.2 Å². The molecule has 12 heteroatoms. The topological polar surface area (TPSA) is 105 Å². The third-order valence-corrected chi connectivity index (χ3v) is 11.5. The number of methoxy groups -OCH3 is 2. The van der Waals surface area contributed by atoms with Gasteiger partial charge in [-0.3, -0.25) is 13.9 Å². The highest BCUT2D eigenvalue weighted by atomic mass is 35.5. The second kappa shape index (κ2) is 17.3. The number of nitrogens with one attached hydrogen (secondary N) is 1. The third kappa shape index (κ3) is 9.55. The number of aryl methyl sites for hydroxylation is 1. The van der Waals surface area contributed by atoms with E-state index in [0.29, 0.717) is 21.4 Å². The van der Waals surface area contributed by atoms with Gasteiger partial charge < -0.3 is 19.7 Å². The number of rotatable bonds is 14. The molecule has 0 aromatic heterocycles. The maximum atomic E-state index is 14.9. The molecule has 1 unspecified atom stereocenters. The van der Waals surface area contributed by atoms with Gasteiger partial charge in [-0.1, -0.05) is 96.6 Å². The van der Waals surface area contributed by atoms with E-state index in [1.807, 2.05) is 37.3 Å². The Balaban J connectivity index is 1.61. The van der Waals surface area contributed by atoms with Gasteiger partial charge in [-0.2, -0.15) is 0 Å².